The predicted molar refractivity (Wildman–Crippen MR) is 87.4 cm³/mol. The van der Waals surface area contributed by atoms with Crippen molar-refractivity contribution in [2.24, 2.45) is 5.92 Å². The molecule has 134 valence electrons. The van der Waals surface area contributed by atoms with Crippen LogP contribution in [0.3, 0.4) is 0 Å². The highest BCUT2D eigenvalue weighted by Crippen LogP contribution is 2.24. The molecule has 0 aliphatic heterocycles. The molecule has 0 aromatic heterocycles. The molecule has 1 aliphatic carbocycles. The molecular weight excluding hydrogens is 298 g/mol. The zero-order chi connectivity index (χ0) is 17.5. The number of hydrogen-bond acceptors (Lipinski definition) is 4. The van der Waals surface area contributed by atoms with Gasteiger partial charge in [-0.1, -0.05) is 19.8 Å². The van der Waals surface area contributed by atoms with Crippen LogP contribution in [0, 0.1) is 5.92 Å². The molecule has 1 fully saturated rings. The van der Waals surface area contributed by atoms with E-state index < -0.39 is 23.7 Å². The summed E-state index contributed by atoms with van der Waals surface area (Å²) in [4.78, 5) is 25.1. The fourth-order valence-corrected chi connectivity index (χ4v) is 2.75. The molecule has 6 heteroatoms. The smallest absolute Gasteiger partial charge is 0.411 e. The van der Waals surface area contributed by atoms with Crippen LogP contribution in [0.2, 0.25) is 0 Å². The number of carbonyl (C=O) groups excluding carboxylic acids is 1. The van der Waals surface area contributed by atoms with E-state index in [9.17, 15) is 14.7 Å². The minimum atomic E-state index is -1.06. The fourth-order valence-electron chi connectivity index (χ4n) is 2.75. The topological polar surface area (TPSA) is 76.1 Å². The number of ether oxygens (including phenoxy) is 2. The van der Waals surface area contributed by atoms with Gasteiger partial charge in [0.15, 0.2) is 6.04 Å². The first-order valence-electron chi connectivity index (χ1n) is 8.54. The van der Waals surface area contributed by atoms with Crippen LogP contribution >= 0.6 is 0 Å². The summed E-state index contributed by atoms with van der Waals surface area (Å²) in [6.07, 6.45) is 4.78. The van der Waals surface area contributed by atoms with Gasteiger partial charge in [0.1, 0.15) is 5.60 Å². The van der Waals surface area contributed by atoms with Crippen LogP contribution in [0.15, 0.2) is 0 Å². The molecule has 0 bridgehead atoms. The Morgan fingerprint density at radius 1 is 1.26 bits per heavy atom. The van der Waals surface area contributed by atoms with E-state index in [4.69, 9.17) is 9.47 Å². The molecule has 0 radical (unpaired) electrons. The Bertz CT molecular complexity index is 385. The van der Waals surface area contributed by atoms with Gasteiger partial charge in [0.25, 0.3) is 0 Å². The minimum absolute atomic E-state index is 0.00504. The van der Waals surface area contributed by atoms with Gasteiger partial charge in [-0.25, -0.2) is 9.59 Å². The van der Waals surface area contributed by atoms with Crippen molar-refractivity contribution in [3.05, 3.63) is 0 Å². The van der Waals surface area contributed by atoms with Gasteiger partial charge in [-0.2, -0.15) is 0 Å². The van der Waals surface area contributed by atoms with Gasteiger partial charge in [-0.05, 0) is 46.0 Å². The van der Waals surface area contributed by atoms with E-state index in [0.29, 0.717) is 25.5 Å². The maximum absolute atomic E-state index is 12.3. The summed E-state index contributed by atoms with van der Waals surface area (Å²) < 4.78 is 10.9. The van der Waals surface area contributed by atoms with Gasteiger partial charge in [-0.3, -0.25) is 4.90 Å². The van der Waals surface area contributed by atoms with Gasteiger partial charge < -0.3 is 14.6 Å². The Labute approximate surface area is 139 Å². The van der Waals surface area contributed by atoms with E-state index in [1.54, 1.807) is 20.8 Å². The molecule has 1 atom stereocenters. The number of amides is 1. The molecule has 1 saturated carbocycles. The Morgan fingerprint density at radius 2 is 1.87 bits per heavy atom. The SMILES string of the molecule is CCCN(C(=O)OC(C)(C)C)[C@@H](COCC1CCCC1)C(=O)O. The lowest BCUT2D eigenvalue weighted by Gasteiger charge is -2.31. The number of aliphatic carboxylic acids is 1. The molecule has 1 aliphatic rings. The Hall–Kier alpha value is -1.30. The molecular formula is C17H31NO5. The van der Waals surface area contributed by atoms with Crippen LogP contribution in [0.5, 0.6) is 0 Å². The first kappa shape index (κ1) is 19.7. The van der Waals surface area contributed by atoms with Gasteiger partial charge in [0.2, 0.25) is 0 Å². The molecule has 6 nitrogen and oxygen atoms in total. The molecule has 1 N–H and O–H groups in total. The van der Waals surface area contributed by atoms with Crippen LogP contribution in [0.25, 0.3) is 0 Å². The van der Waals surface area contributed by atoms with Crippen molar-refractivity contribution in [3.63, 3.8) is 0 Å². The third kappa shape index (κ3) is 7.20. The van der Waals surface area contributed by atoms with Crippen molar-refractivity contribution in [2.75, 3.05) is 19.8 Å². The lowest BCUT2D eigenvalue weighted by molar-refractivity contribution is -0.145. The van der Waals surface area contributed by atoms with Crippen molar-refractivity contribution >= 4 is 12.1 Å². The average Bonchev–Trinajstić information content (AvgIpc) is 2.92. The summed E-state index contributed by atoms with van der Waals surface area (Å²) >= 11 is 0. The predicted octanol–water partition coefficient (Wildman–Crippen LogP) is 3.29. The number of carboxylic acids is 1. The van der Waals surface area contributed by atoms with E-state index in [1.165, 1.54) is 17.7 Å². The van der Waals surface area contributed by atoms with Gasteiger partial charge >= 0.3 is 12.1 Å². The fraction of sp³-hybridized carbons (Fsp3) is 0.882. The molecule has 0 aromatic rings. The largest absolute Gasteiger partial charge is 0.480 e. The van der Waals surface area contributed by atoms with Crippen LogP contribution in [-0.4, -0.2) is 53.5 Å². The van der Waals surface area contributed by atoms with Crippen molar-refractivity contribution in [1.82, 2.24) is 4.90 Å². The number of carbonyl (C=O) groups is 2. The lowest BCUT2D eigenvalue weighted by atomic mass is 10.1. The summed E-state index contributed by atoms with van der Waals surface area (Å²) in [6.45, 7) is 8.10. The highest BCUT2D eigenvalue weighted by Gasteiger charge is 2.33. The van der Waals surface area contributed by atoms with Crippen molar-refractivity contribution in [1.29, 1.82) is 0 Å². The van der Waals surface area contributed by atoms with Crippen LogP contribution in [0.4, 0.5) is 4.79 Å². The maximum Gasteiger partial charge on any atom is 0.411 e. The number of hydrogen-bond donors (Lipinski definition) is 1. The second kappa shape index (κ2) is 9.11. The Kier molecular flexibility index (Phi) is 7.82. The summed E-state index contributed by atoms with van der Waals surface area (Å²) in [5, 5.41) is 9.48. The second-order valence-electron chi connectivity index (χ2n) is 7.22. The third-order valence-electron chi connectivity index (χ3n) is 3.86. The molecule has 23 heavy (non-hydrogen) atoms. The van der Waals surface area contributed by atoms with Gasteiger partial charge in [0, 0.05) is 13.2 Å². The van der Waals surface area contributed by atoms with E-state index in [0.717, 1.165) is 12.8 Å². The standard InChI is InChI=1S/C17H31NO5/c1-5-10-18(16(21)23-17(2,3)4)14(15(19)20)12-22-11-13-8-6-7-9-13/h13-14H,5-12H2,1-4H3,(H,19,20)/t14-/m0/s1. The molecule has 1 rings (SSSR count). The van der Waals surface area contributed by atoms with Crippen LogP contribution < -0.4 is 0 Å². The van der Waals surface area contributed by atoms with E-state index in [2.05, 4.69) is 0 Å². The molecule has 0 heterocycles. The summed E-state index contributed by atoms with van der Waals surface area (Å²) in [6, 6.07) is -1.01. The highest BCUT2D eigenvalue weighted by atomic mass is 16.6. The number of carboxylic acid groups (broad SMARTS) is 1. The highest BCUT2D eigenvalue weighted by molar-refractivity contribution is 5.80. The van der Waals surface area contributed by atoms with Crippen molar-refractivity contribution < 1.29 is 24.2 Å². The third-order valence-corrected chi connectivity index (χ3v) is 3.86. The monoisotopic (exact) mass is 329 g/mol. The summed E-state index contributed by atoms with van der Waals surface area (Å²) in [7, 11) is 0. The Balaban J connectivity index is 2.64. The zero-order valence-electron chi connectivity index (χ0n) is 14.8. The average molecular weight is 329 g/mol. The first-order valence-corrected chi connectivity index (χ1v) is 8.54. The lowest BCUT2D eigenvalue weighted by Crippen LogP contribution is -2.50. The van der Waals surface area contributed by atoms with E-state index in [-0.39, 0.29) is 6.61 Å². The van der Waals surface area contributed by atoms with Gasteiger partial charge in [-0.15, -0.1) is 0 Å². The van der Waals surface area contributed by atoms with Crippen molar-refractivity contribution in [2.45, 2.75) is 71.4 Å². The van der Waals surface area contributed by atoms with Crippen LogP contribution in [-0.2, 0) is 14.3 Å². The van der Waals surface area contributed by atoms with Crippen LogP contribution in [0.1, 0.15) is 59.8 Å². The summed E-state index contributed by atoms with van der Waals surface area (Å²) in [5.41, 5.74) is -0.656. The van der Waals surface area contributed by atoms with E-state index >= 15 is 0 Å². The van der Waals surface area contributed by atoms with Crippen molar-refractivity contribution in [3.8, 4) is 0 Å². The second-order valence-corrected chi connectivity index (χ2v) is 7.22. The number of nitrogens with zero attached hydrogens (tertiary/aromatic N) is 1. The maximum atomic E-state index is 12.3. The quantitative estimate of drug-likeness (QED) is 0.739. The summed E-state index contributed by atoms with van der Waals surface area (Å²) in [5.74, 6) is -0.540. The van der Waals surface area contributed by atoms with E-state index in [1.807, 2.05) is 6.92 Å². The Morgan fingerprint density at radius 3 is 2.35 bits per heavy atom. The molecule has 0 unspecified atom stereocenters. The first-order chi connectivity index (χ1) is 10.7. The zero-order valence-corrected chi connectivity index (χ0v) is 14.8. The number of rotatable bonds is 8. The molecule has 1 amide bonds. The normalized spacial score (nSPS) is 17.0. The minimum Gasteiger partial charge on any atom is -0.480 e. The molecule has 0 spiro atoms. The molecule has 0 aromatic carbocycles. The molecule has 0 saturated heterocycles. The van der Waals surface area contributed by atoms with Gasteiger partial charge in [0.05, 0.1) is 6.61 Å².